The van der Waals surface area contributed by atoms with Crippen LogP contribution in [-0.2, 0) is 27.7 Å². The Bertz CT molecular complexity index is 1330. The summed E-state index contributed by atoms with van der Waals surface area (Å²) < 4.78 is 32.5. The maximum absolute atomic E-state index is 12.6. The molecule has 34 heavy (non-hydrogen) atoms. The molecule has 1 heterocycles. The van der Waals surface area contributed by atoms with Crippen molar-refractivity contribution in [1.82, 2.24) is 5.16 Å². The number of amides is 1. The Kier molecular flexibility index (Phi) is 6.83. The molecule has 0 unspecified atom stereocenters. The molecule has 2 N–H and O–H groups in total. The lowest BCUT2D eigenvalue weighted by atomic mass is 9.89. The summed E-state index contributed by atoms with van der Waals surface area (Å²) in [6, 6.07) is 11.6. The molecular weight excluding hydrogens is 454 g/mol. The molecule has 0 saturated carbocycles. The third-order valence-electron chi connectivity index (χ3n) is 6.08. The van der Waals surface area contributed by atoms with E-state index >= 15 is 0 Å². The lowest BCUT2D eigenvalue weighted by Crippen LogP contribution is -2.15. The van der Waals surface area contributed by atoms with Gasteiger partial charge < -0.3 is 9.84 Å². The van der Waals surface area contributed by atoms with E-state index in [1.807, 2.05) is 18.2 Å². The summed E-state index contributed by atoms with van der Waals surface area (Å²) in [7, 11) is -3.87. The van der Waals surface area contributed by atoms with E-state index in [-0.39, 0.29) is 35.3 Å². The van der Waals surface area contributed by atoms with E-state index in [1.165, 1.54) is 41.8 Å². The Balaban J connectivity index is 1.32. The van der Waals surface area contributed by atoms with Crippen molar-refractivity contribution >= 4 is 33.3 Å². The van der Waals surface area contributed by atoms with Gasteiger partial charge in [0.1, 0.15) is 0 Å². The standard InChI is InChI=1S/C25H27N3O5S/c1-16-17(2)27-33-25(16)28-34(31,32)22-11-9-21(10-12-22)26-24(30)14-13-23(29)20-8-7-18-5-3-4-6-19(18)15-20/h7-12,15,28H,3-6,13-14H2,1-2H3,(H,26,30). The van der Waals surface area contributed by atoms with Crippen molar-refractivity contribution in [1.29, 1.82) is 0 Å². The second kappa shape index (κ2) is 9.80. The highest BCUT2D eigenvalue weighted by Gasteiger charge is 2.19. The van der Waals surface area contributed by atoms with Crippen molar-refractivity contribution in [3.63, 3.8) is 0 Å². The van der Waals surface area contributed by atoms with Crippen LogP contribution in [0.5, 0.6) is 0 Å². The number of aryl methyl sites for hydroxylation is 3. The highest BCUT2D eigenvalue weighted by Crippen LogP contribution is 2.24. The third kappa shape index (κ3) is 5.36. The number of aromatic nitrogens is 1. The largest absolute Gasteiger partial charge is 0.337 e. The SMILES string of the molecule is Cc1noc(NS(=O)(=O)c2ccc(NC(=O)CCC(=O)c3ccc4c(c3)CCCC4)cc2)c1C. The van der Waals surface area contributed by atoms with Crippen LogP contribution in [0.25, 0.3) is 0 Å². The monoisotopic (exact) mass is 481 g/mol. The van der Waals surface area contributed by atoms with Crippen LogP contribution in [0.3, 0.4) is 0 Å². The van der Waals surface area contributed by atoms with Gasteiger partial charge in [-0.2, -0.15) is 0 Å². The fraction of sp³-hybridized carbons (Fsp3) is 0.320. The lowest BCUT2D eigenvalue weighted by Gasteiger charge is -2.16. The number of rotatable bonds is 8. The van der Waals surface area contributed by atoms with Gasteiger partial charge in [-0.3, -0.25) is 9.59 Å². The first-order valence-corrected chi connectivity index (χ1v) is 12.7. The van der Waals surface area contributed by atoms with E-state index in [0.717, 1.165) is 19.3 Å². The van der Waals surface area contributed by atoms with Crippen molar-refractivity contribution in [3.05, 3.63) is 70.4 Å². The van der Waals surface area contributed by atoms with Gasteiger partial charge in [0.2, 0.25) is 11.8 Å². The first-order valence-electron chi connectivity index (χ1n) is 11.2. The molecule has 178 valence electrons. The van der Waals surface area contributed by atoms with E-state index in [2.05, 4.69) is 15.2 Å². The Labute approximate surface area is 198 Å². The molecule has 1 amide bonds. The van der Waals surface area contributed by atoms with Gasteiger partial charge in [-0.15, -0.1) is 0 Å². The minimum Gasteiger partial charge on any atom is -0.337 e. The summed E-state index contributed by atoms with van der Waals surface area (Å²) in [6.07, 6.45) is 4.53. The molecule has 3 aromatic rings. The van der Waals surface area contributed by atoms with Gasteiger partial charge in [0.05, 0.1) is 10.6 Å². The maximum Gasteiger partial charge on any atom is 0.264 e. The summed E-state index contributed by atoms with van der Waals surface area (Å²) in [5.74, 6) is -0.305. The molecule has 0 spiro atoms. The zero-order chi connectivity index (χ0) is 24.3. The number of Topliss-reactive ketones (excluding diaryl/α,β-unsaturated/α-hetero) is 1. The quantitative estimate of drug-likeness (QED) is 0.455. The second-order valence-electron chi connectivity index (χ2n) is 8.51. The Morgan fingerprint density at radius 1 is 0.971 bits per heavy atom. The molecule has 0 saturated heterocycles. The molecule has 8 nitrogen and oxygen atoms in total. The van der Waals surface area contributed by atoms with Crippen LogP contribution >= 0.6 is 0 Å². The van der Waals surface area contributed by atoms with Crippen LogP contribution < -0.4 is 10.0 Å². The molecule has 9 heteroatoms. The van der Waals surface area contributed by atoms with Crippen LogP contribution in [0.1, 0.15) is 58.4 Å². The van der Waals surface area contributed by atoms with Crippen molar-refractivity contribution in [2.45, 2.75) is 57.3 Å². The number of sulfonamides is 1. The normalized spacial score (nSPS) is 13.2. The number of hydrogen-bond donors (Lipinski definition) is 2. The van der Waals surface area contributed by atoms with Gasteiger partial charge in [0.15, 0.2) is 5.78 Å². The summed E-state index contributed by atoms with van der Waals surface area (Å²) in [4.78, 5) is 24.9. The maximum atomic E-state index is 12.6. The predicted octanol–water partition coefficient (Wildman–Crippen LogP) is 4.57. The molecule has 2 aromatic carbocycles. The molecule has 1 aliphatic rings. The minimum absolute atomic E-state index is 0.0153. The molecule has 1 aliphatic carbocycles. The van der Waals surface area contributed by atoms with Crippen LogP contribution in [0.2, 0.25) is 0 Å². The minimum atomic E-state index is -3.87. The fourth-order valence-corrected chi connectivity index (χ4v) is 4.96. The number of benzene rings is 2. The van der Waals surface area contributed by atoms with Gasteiger partial charge in [0, 0.05) is 29.7 Å². The number of nitrogens with one attached hydrogen (secondary N) is 2. The number of carbonyl (C=O) groups is 2. The summed E-state index contributed by atoms with van der Waals surface area (Å²) in [5, 5.41) is 6.44. The average Bonchev–Trinajstić information content (AvgIpc) is 3.14. The van der Waals surface area contributed by atoms with Gasteiger partial charge in [-0.25, -0.2) is 13.1 Å². The molecule has 1 aromatic heterocycles. The molecule has 0 aliphatic heterocycles. The Morgan fingerprint density at radius 3 is 2.35 bits per heavy atom. The number of carbonyl (C=O) groups excluding carboxylic acids is 2. The van der Waals surface area contributed by atoms with Crippen LogP contribution in [0, 0.1) is 13.8 Å². The third-order valence-corrected chi connectivity index (χ3v) is 7.43. The number of nitrogens with zero attached hydrogens (tertiary/aromatic N) is 1. The summed E-state index contributed by atoms with van der Waals surface area (Å²) in [5.41, 5.74) is 4.84. The number of fused-ring (bicyclic) bond motifs is 1. The van der Waals surface area contributed by atoms with E-state index in [9.17, 15) is 18.0 Å². The molecule has 0 fully saturated rings. The van der Waals surface area contributed by atoms with Crippen LogP contribution in [0.15, 0.2) is 51.9 Å². The lowest BCUT2D eigenvalue weighted by molar-refractivity contribution is -0.116. The molecular formula is C25H27N3O5S. The number of hydrogen-bond acceptors (Lipinski definition) is 6. The molecule has 0 bridgehead atoms. The van der Waals surface area contributed by atoms with E-state index in [1.54, 1.807) is 13.8 Å². The van der Waals surface area contributed by atoms with Gasteiger partial charge >= 0.3 is 0 Å². The average molecular weight is 482 g/mol. The highest BCUT2D eigenvalue weighted by atomic mass is 32.2. The van der Waals surface area contributed by atoms with E-state index < -0.39 is 10.0 Å². The van der Waals surface area contributed by atoms with Crippen molar-refractivity contribution in [3.8, 4) is 0 Å². The van der Waals surface area contributed by atoms with Gasteiger partial charge in [-0.05, 0) is 81.0 Å². The summed E-state index contributed by atoms with van der Waals surface area (Å²) in [6.45, 7) is 3.42. The van der Waals surface area contributed by atoms with Crippen molar-refractivity contribution < 1.29 is 22.5 Å². The summed E-state index contributed by atoms with van der Waals surface area (Å²) >= 11 is 0. The first kappa shape index (κ1) is 23.7. The zero-order valence-electron chi connectivity index (χ0n) is 19.2. The Morgan fingerprint density at radius 2 is 1.68 bits per heavy atom. The smallest absolute Gasteiger partial charge is 0.264 e. The second-order valence-corrected chi connectivity index (χ2v) is 10.2. The molecule has 0 atom stereocenters. The van der Waals surface area contributed by atoms with Crippen molar-refractivity contribution in [2.75, 3.05) is 10.0 Å². The highest BCUT2D eigenvalue weighted by molar-refractivity contribution is 7.92. The molecule has 4 rings (SSSR count). The predicted molar refractivity (Wildman–Crippen MR) is 129 cm³/mol. The van der Waals surface area contributed by atoms with Gasteiger partial charge in [0.25, 0.3) is 10.0 Å². The van der Waals surface area contributed by atoms with Crippen LogP contribution in [0.4, 0.5) is 11.6 Å². The van der Waals surface area contributed by atoms with E-state index in [0.29, 0.717) is 22.5 Å². The van der Waals surface area contributed by atoms with Gasteiger partial charge in [-0.1, -0.05) is 17.3 Å². The first-order chi connectivity index (χ1) is 16.2. The number of anilines is 2. The molecule has 0 radical (unpaired) electrons. The zero-order valence-corrected chi connectivity index (χ0v) is 20.0. The Hall–Kier alpha value is -3.46. The van der Waals surface area contributed by atoms with Crippen molar-refractivity contribution in [2.24, 2.45) is 0 Å². The van der Waals surface area contributed by atoms with Crippen LogP contribution in [-0.4, -0.2) is 25.3 Å². The topological polar surface area (TPSA) is 118 Å². The van der Waals surface area contributed by atoms with E-state index in [4.69, 9.17) is 4.52 Å². The number of ketones is 1. The fourth-order valence-electron chi connectivity index (χ4n) is 3.91.